The molecular formula is C14H23N3O2. The molecule has 2 N–H and O–H groups in total. The number of ether oxygens (including phenoxy) is 1. The monoisotopic (exact) mass is 265 g/mol. The number of carbonyl (C=O) groups is 1. The molecule has 1 aromatic rings. The summed E-state index contributed by atoms with van der Waals surface area (Å²) in [6.45, 7) is 7.46. The molecule has 0 amide bonds. The molecule has 19 heavy (non-hydrogen) atoms. The van der Waals surface area contributed by atoms with Gasteiger partial charge in [-0.3, -0.25) is 4.79 Å². The first-order valence-electron chi connectivity index (χ1n) is 6.81. The molecule has 2 rings (SSSR count). The minimum Gasteiger partial charge on any atom is -0.459 e. The maximum atomic E-state index is 12.0. The predicted octanol–water partition coefficient (Wildman–Crippen LogP) is 1.99. The molecule has 0 aromatic carbocycles. The third-order valence-corrected chi connectivity index (χ3v) is 3.28. The molecule has 106 valence electrons. The normalized spacial score (nSPS) is 19.0. The standard InChI is InChI=1S/C14H23N3O2/c1-9(11(15)13(18)19-14(2,3)4)17-8-7-16-12(17)10-5-6-10/h7-11H,5-6,15H2,1-4H3. The lowest BCUT2D eigenvalue weighted by atomic mass is 10.1. The van der Waals surface area contributed by atoms with Gasteiger partial charge in [0, 0.05) is 18.3 Å². The Morgan fingerprint density at radius 3 is 2.68 bits per heavy atom. The van der Waals surface area contributed by atoms with Gasteiger partial charge in [-0.1, -0.05) is 0 Å². The molecule has 1 heterocycles. The third-order valence-electron chi connectivity index (χ3n) is 3.28. The zero-order chi connectivity index (χ0) is 14.2. The highest BCUT2D eigenvalue weighted by Crippen LogP contribution is 2.40. The van der Waals surface area contributed by atoms with Crippen molar-refractivity contribution in [3.05, 3.63) is 18.2 Å². The van der Waals surface area contributed by atoms with Crippen LogP contribution in [0.1, 0.15) is 58.3 Å². The number of nitrogens with two attached hydrogens (primary N) is 1. The summed E-state index contributed by atoms with van der Waals surface area (Å²) in [6, 6.07) is -0.820. The average Bonchev–Trinajstić information content (AvgIpc) is 3.03. The predicted molar refractivity (Wildman–Crippen MR) is 72.7 cm³/mol. The van der Waals surface area contributed by atoms with Crippen molar-refractivity contribution < 1.29 is 9.53 Å². The summed E-state index contributed by atoms with van der Waals surface area (Å²) in [5.41, 5.74) is 5.51. The van der Waals surface area contributed by atoms with Crippen molar-refractivity contribution in [2.45, 2.75) is 64.1 Å². The van der Waals surface area contributed by atoms with Gasteiger partial charge in [0.2, 0.25) is 0 Å². The van der Waals surface area contributed by atoms with E-state index >= 15 is 0 Å². The topological polar surface area (TPSA) is 70.1 Å². The molecule has 0 bridgehead atoms. The number of rotatable bonds is 4. The van der Waals surface area contributed by atoms with Crippen LogP contribution >= 0.6 is 0 Å². The average molecular weight is 265 g/mol. The summed E-state index contributed by atoms with van der Waals surface area (Å²) in [5.74, 6) is 1.20. The molecule has 2 unspecified atom stereocenters. The molecular weight excluding hydrogens is 242 g/mol. The number of nitrogens with zero attached hydrogens (tertiary/aromatic N) is 2. The number of hydrogen-bond acceptors (Lipinski definition) is 4. The molecule has 1 aromatic heterocycles. The quantitative estimate of drug-likeness (QED) is 0.845. The summed E-state index contributed by atoms with van der Waals surface area (Å²) < 4.78 is 7.34. The second-order valence-corrected chi connectivity index (χ2v) is 6.27. The van der Waals surface area contributed by atoms with Crippen LogP contribution in [-0.2, 0) is 9.53 Å². The fraction of sp³-hybridized carbons (Fsp3) is 0.714. The van der Waals surface area contributed by atoms with E-state index in [0.717, 1.165) is 5.82 Å². The first-order chi connectivity index (χ1) is 8.79. The van der Waals surface area contributed by atoms with Crippen LogP contribution in [0, 0.1) is 0 Å². The molecule has 1 aliphatic rings. The van der Waals surface area contributed by atoms with Crippen LogP contribution in [0.3, 0.4) is 0 Å². The van der Waals surface area contributed by atoms with Gasteiger partial charge in [-0.15, -0.1) is 0 Å². The van der Waals surface area contributed by atoms with Crippen LogP contribution in [0.4, 0.5) is 0 Å². The fourth-order valence-electron chi connectivity index (χ4n) is 2.07. The number of aromatic nitrogens is 2. The van der Waals surface area contributed by atoms with Gasteiger partial charge in [0.1, 0.15) is 17.5 Å². The Hall–Kier alpha value is -1.36. The molecule has 1 saturated carbocycles. The van der Waals surface area contributed by atoms with E-state index in [9.17, 15) is 4.79 Å². The van der Waals surface area contributed by atoms with E-state index < -0.39 is 11.6 Å². The van der Waals surface area contributed by atoms with E-state index in [1.807, 2.05) is 38.5 Å². The number of carbonyl (C=O) groups excluding carboxylic acids is 1. The largest absolute Gasteiger partial charge is 0.459 e. The van der Waals surface area contributed by atoms with E-state index in [1.165, 1.54) is 12.8 Å². The minimum atomic E-state index is -0.675. The Morgan fingerprint density at radius 1 is 1.53 bits per heavy atom. The van der Waals surface area contributed by atoms with E-state index in [-0.39, 0.29) is 12.0 Å². The maximum Gasteiger partial charge on any atom is 0.325 e. The smallest absolute Gasteiger partial charge is 0.325 e. The van der Waals surface area contributed by atoms with E-state index in [2.05, 4.69) is 4.98 Å². The Balaban J connectivity index is 2.07. The van der Waals surface area contributed by atoms with Crippen LogP contribution in [0.2, 0.25) is 0 Å². The molecule has 5 heteroatoms. The van der Waals surface area contributed by atoms with Gasteiger partial charge in [0.15, 0.2) is 0 Å². The van der Waals surface area contributed by atoms with Gasteiger partial charge < -0.3 is 15.0 Å². The van der Waals surface area contributed by atoms with E-state index in [4.69, 9.17) is 10.5 Å². The molecule has 0 saturated heterocycles. The van der Waals surface area contributed by atoms with Gasteiger partial charge >= 0.3 is 5.97 Å². The molecule has 0 radical (unpaired) electrons. The lowest BCUT2D eigenvalue weighted by Crippen LogP contribution is -2.42. The van der Waals surface area contributed by atoms with Crippen molar-refractivity contribution in [3.63, 3.8) is 0 Å². The second-order valence-electron chi connectivity index (χ2n) is 6.27. The van der Waals surface area contributed by atoms with Crippen molar-refractivity contribution in [2.75, 3.05) is 0 Å². The zero-order valence-electron chi connectivity index (χ0n) is 12.1. The number of imidazole rings is 1. The van der Waals surface area contributed by atoms with Crippen LogP contribution in [-0.4, -0.2) is 27.2 Å². The van der Waals surface area contributed by atoms with Gasteiger partial charge in [-0.25, -0.2) is 4.98 Å². The Kier molecular flexibility index (Phi) is 3.67. The first-order valence-corrected chi connectivity index (χ1v) is 6.81. The third kappa shape index (κ3) is 3.35. The van der Waals surface area contributed by atoms with Crippen LogP contribution in [0.5, 0.6) is 0 Å². The van der Waals surface area contributed by atoms with E-state index in [1.54, 1.807) is 6.20 Å². The van der Waals surface area contributed by atoms with Crippen LogP contribution in [0.15, 0.2) is 12.4 Å². The summed E-state index contributed by atoms with van der Waals surface area (Å²) in [5, 5.41) is 0. The van der Waals surface area contributed by atoms with Crippen molar-refractivity contribution in [3.8, 4) is 0 Å². The Labute approximate surface area is 114 Å². The zero-order valence-corrected chi connectivity index (χ0v) is 12.1. The van der Waals surface area contributed by atoms with Crippen LogP contribution in [0.25, 0.3) is 0 Å². The van der Waals surface area contributed by atoms with Crippen molar-refractivity contribution >= 4 is 5.97 Å². The highest BCUT2D eigenvalue weighted by Gasteiger charge is 2.33. The second kappa shape index (κ2) is 4.96. The molecule has 0 aliphatic heterocycles. The molecule has 1 aliphatic carbocycles. The van der Waals surface area contributed by atoms with Crippen LogP contribution < -0.4 is 5.73 Å². The molecule has 1 fully saturated rings. The lowest BCUT2D eigenvalue weighted by molar-refractivity contribution is -0.157. The lowest BCUT2D eigenvalue weighted by Gasteiger charge is -2.26. The van der Waals surface area contributed by atoms with Crippen molar-refractivity contribution in [1.29, 1.82) is 0 Å². The van der Waals surface area contributed by atoms with Gasteiger partial charge in [-0.05, 0) is 40.5 Å². The Bertz CT molecular complexity index is 458. The molecule has 2 atom stereocenters. The van der Waals surface area contributed by atoms with Gasteiger partial charge in [-0.2, -0.15) is 0 Å². The van der Waals surface area contributed by atoms with Gasteiger partial charge in [0.05, 0.1) is 6.04 Å². The number of esters is 1. The minimum absolute atomic E-state index is 0.145. The fourth-order valence-corrected chi connectivity index (χ4v) is 2.07. The van der Waals surface area contributed by atoms with Crippen molar-refractivity contribution in [1.82, 2.24) is 9.55 Å². The SMILES string of the molecule is CC(C(N)C(=O)OC(C)(C)C)n1ccnc1C1CC1. The maximum absolute atomic E-state index is 12.0. The van der Waals surface area contributed by atoms with Gasteiger partial charge in [0.25, 0.3) is 0 Å². The summed E-state index contributed by atoms with van der Waals surface area (Å²) in [6.07, 6.45) is 6.01. The highest BCUT2D eigenvalue weighted by atomic mass is 16.6. The summed E-state index contributed by atoms with van der Waals surface area (Å²) in [7, 11) is 0. The highest BCUT2D eigenvalue weighted by molar-refractivity contribution is 5.76. The number of hydrogen-bond donors (Lipinski definition) is 1. The first kappa shape index (κ1) is 14.1. The van der Waals surface area contributed by atoms with Crippen molar-refractivity contribution in [2.24, 2.45) is 5.73 Å². The molecule has 5 nitrogen and oxygen atoms in total. The van der Waals surface area contributed by atoms with E-state index in [0.29, 0.717) is 5.92 Å². The summed E-state index contributed by atoms with van der Waals surface area (Å²) in [4.78, 5) is 16.4. The molecule has 0 spiro atoms. The Morgan fingerprint density at radius 2 is 2.16 bits per heavy atom. The summed E-state index contributed by atoms with van der Waals surface area (Å²) >= 11 is 0.